The Morgan fingerprint density at radius 3 is 2.28 bits per heavy atom. The van der Waals surface area contributed by atoms with Gasteiger partial charge in [0.2, 0.25) is 5.91 Å². The molecule has 4 heteroatoms. The highest BCUT2D eigenvalue weighted by molar-refractivity contribution is 8.76. The van der Waals surface area contributed by atoms with E-state index in [0.717, 1.165) is 11.5 Å². The molecule has 1 aliphatic carbocycles. The molecular formula is C14H27NOS2. The number of hydrogen-bond acceptors (Lipinski definition) is 3. The third kappa shape index (κ3) is 8.30. The molecule has 1 rings (SSSR count). The van der Waals surface area contributed by atoms with Crippen molar-refractivity contribution in [3.63, 3.8) is 0 Å². The van der Waals surface area contributed by atoms with E-state index < -0.39 is 0 Å². The Bertz CT molecular complexity index is 214. The lowest BCUT2D eigenvalue weighted by Gasteiger charge is -2.17. The lowest BCUT2D eigenvalue weighted by Crippen LogP contribution is -2.34. The van der Waals surface area contributed by atoms with Gasteiger partial charge in [-0.1, -0.05) is 67.0 Å². The van der Waals surface area contributed by atoms with E-state index in [9.17, 15) is 4.79 Å². The van der Waals surface area contributed by atoms with E-state index in [1.165, 1.54) is 51.4 Å². The maximum atomic E-state index is 11.8. The summed E-state index contributed by atoms with van der Waals surface area (Å²) in [4.78, 5) is 11.8. The topological polar surface area (TPSA) is 29.1 Å². The van der Waals surface area contributed by atoms with E-state index in [4.69, 9.17) is 0 Å². The van der Waals surface area contributed by atoms with Gasteiger partial charge >= 0.3 is 0 Å². The molecule has 1 amide bonds. The fraction of sp³-hybridized carbons (Fsp3) is 0.929. The Morgan fingerprint density at radius 2 is 1.67 bits per heavy atom. The van der Waals surface area contributed by atoms with Gasteiger partial charge in [0.25, 0.3) is 0 Å². The first kappa shape index (κ1) is 16.2. The number of carbonyl (C=O) groups excluding carboxylic acids is 1. The van der Waals surface area contributed by atoms with Crippen molar-refractivity contribution in [2.45, 2.75) is 70.8 Å². The predicted octanol–water partition coefficient (Wildman–Crippen LogP) is 4.40. The molecule has 0 spiro atoms. The molecule has 0 unspecified atom stereocenters. The second kappa shape index (κ2) is 11.0. The minimum Gasteiger partial charge on any atom is -0.353 e. The van der Waals surface area contributed by atoms with Gasteiger partial charge in [0.15, 0.2) is 0 Å². The summed E-state index contributed by atoms with van der Waals surface area (Å²) >= 11 is 0. The minimum absolute atomic E-state index is 0.253. The van der Waals surface area contributed by atoms with Crippen molar-refractivity contribution in [1.82, 2.24) is 5.32 Å². The molecule has 1 fully saturated rings. The van der Waals surface area contributed by atoms with E-state index in [0.29, 0.717) is 12.5 Å². The van der Waals surface area contributed by atoms with Crippen molar-refractivity contribution in [2.75, 3.05) is 11.5 Å². The average molecular weight is 290 g/mol. The molecule has 1 saturated carbocycles. The first-order valence-electron chi connectivity index (χ1n) is 7.36. The van der Waals surface area contributed by atoms with Crippen LogP contribution < -0.4 is 5.32 Å². The Morgan fingerprint density at radius 1 is 1.06 bits per heavy atom. The zero-order valence-electron chi connectivity index (χ0n) is 11.6. The van der Waals surface area contributed by atoms with Crippen LogP contribution in [0.5, 0.6) is 0 Å². The molecule has 1 N–H and O–H groups in total. The molecule has 0 aromatic heterocycles. The molecule has 18 heavy (non-hydrogen) atoms. The molecule has 0 heterocycles. The van der Waals surface area contributed by atoms with Crippen LogP contribution in [0.2, 0.25) is 0 Å². The van der Waals surface area contributed by atoms with Crippen LogP contribution in [0.1, 0.15) is 64.7 Å². The second-order valence-electron chi connectivity index (χ2n) is 4.94. The van der Waals surface area contributed by atoms with Gasteiger partial charge < -0.3 is 5.32 Å². The smallest absolute Gasteiger partial charge is 0.221 e. The first-order valence-corrected chi connectivity index (χ1v) is 9.85. The van der Waals surface area contributed by atoms with Gasteiger partial charge in [-0.3, -0.25) is 4.79 Å². The maximum absolute atomic E-state index is 11.8. The molecule has 0 saturated heterocycles. The van der Waals surface area contributed by atoms with Gasteiger partial charge in [-0.05, 0) is 12.8 Å². The van der Waals surface area contributed by atoms with Crippen LogP contribution in [0.3, 0.4) is 0 Å². The number of rotatable bonds is 6. The van der Waals surface area contributed by atoms with E-state index in [1.807, 2.05) is 21.6 Å². The minimum atomic E-state index is 0.253. The number of hydrogen-bond donors (Lipinski definition) is 1. The summed E-state index contributed by atoms with van der Waals surface area (Å²) in [5, 5.41) is 3.23. The molecule has 0 atom stereocenters. The van der Waals surface area contributed by atoms with Crippen LogP contribution in [-0.2, 0) is 4.79 Å². The number of carbonyl (C=O) groups is 1. The van der Waals surface area contributed by atoms with Gasteiger partial charge in [-0.25, -0.2) is 0 Å². The highest BCUT2D eigenvalue weighted by atomic mass is 33.1. The van der Waals surface area contributed by atoms with E-state index in [1.54, 1.807) is 0 Å². The van der Waals surface area contributed by atoms with Crippen LogP contribution in [-0.4, -0.2) is 23.5 Å². The van der Waals surface area contributed by atoms with Crippen molar-refractivity contribution in [1.29, 1.82) is 0 Å². The van der Waals surface area contributed by atoms with E-state index in [-0.39, 0.29) is 5.91 Å². The van der Waals surface area contributed by atoms with Crippen molar-refractivity contribution in [2.24, 2.45) is 0 Å². The summed E-state index contributed by atoms with van der Waals surface area (Å²) in [6, 6.07) is 0.444. The molecule has 0 aromatic carbocycles. The predicted molar refractivity (Wildman–Crippen MR) is 84.1 cm³/mol. The highest BCUT2D eigenvalue weighted by Gasteiger charge is 2.13. The van der Waals surface area contributed by atoms with Crippen molar-refractivity contribution >= 4 is 27.5 Å². The molecule has 0 aromatic rings. The van der Waals surface area contributed by atoms with Gasteiger partial charge in [0.05, 0.1) is 0 Å². The largest absolute Gasteiger partial charge is 0.353 e. The third-order valence-corrected chi connectivity index (χ3v) is 5.81. The lowest BCUT2D eigenvalue weighted by molar-refractivity contribution is -0.121. The summed E-state index contributed by atoms with van der Waals surface area (Å²) < 4.78 is 0. The third-order valence-electron chi connectivity index (χ3n) is 3.33. The summed E-state index contributed by atoms with van der Waals surface area (Å²) in [5.74, 6) is 2.31. The molecule has 0 bridgehead atoms. The van der Waals surface area contributed by atoms with E-state index >= 15 is 0 Å². The van der Waals surface area contributed by atoms with Crippen LogP contribution in [0.25, 0.3) is 0 Å². The van der Waals surface area contributed by atoms with Gasteiger partial charge in [0, 0.05) is 24.0 Å². The zero-order valence-corrected chi connectivity index (χ0v) is 13.2. The monoisotopic (exact) mass is 289 g/mol. The number of nitrogens with one attached hydrogen (secondary N) is 1. The van der Waals surface area contributed by atoms with Crippen LogP contribution in [0, 0.1) is 0 Å². The molecule has 1 aliphatic rings. The molecule has 2 nitrogen and oxygen atoms in total. The summed E-state index contributed by atoms with van der Waals surface area (Å²) in [5.41, 5.74) is 0. The van der Waals surface area contributed by atoms with Crippen LogP contribution >= 0.6 is 21.6 Å². The molecule has 0 radical (unpaired) electrons. The van der Waals surface area contributed by atoms with Crippen molar-refractivity contribution in [3.8, 4) is 0 Å². The molecule has 0 aliphatic heterocycles. The summed E-state index contributed by atoms with van der Waals surface area (Å²) in [6.07, 6.45) is 11.1. The fourth-order valence-corrected chi connectivity index (χ4v) is 4.01. The normalized spacial score (nSPS) is 18.7. The van der Waals surface area contributed by atoms with Gasteiger partial charge in [-0.2, -0.15) is 0 Å². The zero-order chi connectivity index (χ0) is 13.1. The summed E-state index contributed by atoms with van der Waals surface area (Å²) in [7, 11) is 3.65. The Labute approximate surface area is 120 Å². The maximum Gasteiger partial charge on any atom is 0.221 e. The van der Waals surface area contributed by atoms with E-state index in [2.05, 4.69) is 12.2 Å². The van der Waals surface area contributed by atoms with Crippen LogP contribution in [0.4, 0.5) is 0 Å². The fourth-order valence-electron chi connectivity index (χ4n) is 2.35. The second-order valence-corrected chi connectivity index (χ2v) is 7.81. The lowest BCUT2D eigenvalue weighted by atomic mass is 10.1. The summed E-state index contributed by atoms with van der Waals surface area (Å²) in [6.45, 7) is 2.15. The standard InChI is InChI=1S/C14H27NOS2/c1-2-17-18-12-11-14(16)15-13-9-7-5-3-4-6-8-10-13/h13H,2-12H2,1H3,(H,15,16). The quantitative estimate of drug-likeness (QED) is 0.580. The average Bonchev–Trinajstić information content (AvgIpc) is 2.49. The first-order chi connectivity index (χ1) is 8.83. The Balaban J connectivity index is 2.15. The van der Waals surface area contributed by atoms with Gasteiger partial charge in [0.1, 0.15) is 0 Å². The van der Waals surface area contributed by atoms with Crippen LogP contribution in [0.15, 0.2) is 0 Å². The van der Waals surface area contributed by atoms with Gasteiger partial charge in [-0.15, -0.1) is 0 Å². The Kier molecular flexibility index (Phi) is 9.95. The number of amides is 1. The highest BCUT2D eigenvalue weighted by Crippen LogP contribution is 2.21. The SMILES string of the molecule is CCSSCCC(=O)NC1CCCCCCCC1. The van der Waals surface area contributed by atoms with Crippen molar-refractivity contribution in [3.05, 3.63) is 0 Å². The molecule has 106 valence electrons. The Hall–Kier alpha value is 0.170. The van der Waals surface area contributed by atoms with Crippen molar-refractivity contribution < 1.29 is 4.79 Å². The molecular weight excluding hydrogens is 262 g/mol.